The van der Waals surface area contributed by atoms with Crippen molar-refractivity contribution < 1.29 is 32.8 Å². The number of para-hydroxylation sites is 1. The zero-order valence-corrected chi connectivity index (χ0v) is 12.5. The molecule has 1 aliphatic heterocycles. The van der Waals surface area contributed by atoms with Gasteiger partial charge in [0.05, 0.1) is 16.8 Å². The molecule has 1 aromatic rings. The fourth-order valence-electron chi connectivity index (χ4n) is 2.60. The lowest BCUT2D eigenvalue weighted by Crippen LogP contribution is -2.34. The molecule has 1 heterocycles. The standard InChI is InChI=1S/C13H10ClF3N2O5/c14-9-3-1-2-6(10(9)19(23)24)11(20)18-4-7(12(21)22)8(5-18)13(15,16)17/h1-3,7-8H,4-5H2,(H,21,22)/t7-,8-/m1/s1. The van der Waals surface area contributed by atoms with Crippen LogP contribution in [-0.4, -0.2) is 46.1 Å². The number of hydrogen-bond acceptors (Lipinski definition) is 4. The Morgan fingerprint density at radius 1 is 1.33 bits per heavy atom. The van der Waals surface area contributed by atoms with Crippen molar-refractivity contribution in [2.24, 2.45) is 11.8 Å². The normalized spacial score (nSPS) is 20.9. The molecule has 0 bridgehead atoms. The number of carboxylic acids is 1. The molecule has 24 heavy (non-hydrogen) atoms. The van der Waals surface area contributed by atoms with E-state index in [9.17, 15) is 32.9 Å². The Bertz CT molecular complexity index is 709. The third-order valence-electron chi connectivity index (χ3n) is 3.74. The second-order valence-electron chi connectivity index (χ2n) is 5.20. The lowest BCUT2D eigenvalue weighted by atomic mass is 9.96. The summed E-state index contributed by atoms with van der Waals surface area (Å²) in [4.78, 5) is 34.2. The number of nitro groups is 1. The van der Waals surface area contributed by atoms with Gasteiger partial charge in [-0.1, -0.05) is 17.7 Å². The van der Waals surface area contributed by atoms with E-state index in [0.717, 1.165) is 6.07 Å². The minimum Gasteiger partial charge on any atom is -0.481 e. The lowest BCUT2D eigenvalue weighted by Gasteiger charge is -2.18. The zero-order valence-electron chi connectivity index (χ0n) is 11.8. The molecule has 0 radical (unpaired) electrons. The van der Waals surface area contributed by atoms with Crippen molar-refractivity contribution in [3.8, 4) is 0 Å². The fourth-order valence-corrected chi connectivity index (χ4v) is 2.84. The summed E-state index contributed by atoms with van der Waals surface area (Å²) >= 11 is 5.67. The topological polar surface area (TPSA) is 101 Å². The SMILES string of the molecule is O=C(O)[C@@H]1CN(C(=O)c2cccc(Cl)c2[N+](=O)[O-])C[C@H]1C(F)(F)F. The second kappa shape index (κ2) is 6.27. The number of amides is 1. The average molecular weight is 367 g/mol. The van der Waals surface area contributed by atoms with Gasteiger partial charge in [-0.25, -0.2) is 0 Å². The van der Waals surface area contributed by atoms with Gasteiger partial charge < -0.3 is 10.0 Å². The summed E-state index contributed by atoms with van der Waals surface area (Å²) in [5.41, 5.74) is -1.22. The number of carboxylic acid groups (broad SMARTS) is 1. The van der Waals surface area contributed by atoms with Crippen LogP contribution >= 0.6 is 11.6 Å². The first-order chi connectivity index (χ1) is 11.0. The van der Waals surface area contributed by atoms with Crippen LogP contribution in [0.25, 0.3) is 0 Å². The molecule has 0 saturated carbocycles. The number of carbonyl (C=O) groups is 2. The molecule has 0 aliphatic carbocycles. The summed E-state index contributed by atoms with van der Waals surface area (Å²) in [6.07, 6.45) is -4.81. The Balaban J connectivity index is 2.37. The number of benzene rings is 1. The first-order valence-electron chi connectivity index (χ1n) is 6.55. The van der Waals surface area contributed by atoms with E-state index in [-0.39, 0.29) is 5.02 Å². The highest BCUT2D eigenvalue weighted by Gasteiger charge is 2.53. The molecule has 1 aliphatic rings. The molecule has 2 atom stereocenters. The van der Waals surface area contributed by atoms with E-state index in [1.54, 1.807) is 0 Å². The minimum absolute atomic E-state index is 0.341. The monoisotopic (exact) mass is 366 g/mol. The van der Waals surface area contributed by atoms with Crippen molar-refractivity contribution >= 4 is 29.2 Å². The number of nitrogens with zero attached hydrogens (tertiary/aromatic N) is 2. The molecule has 0 aromatic heterocycles. The molecule has 1 aromatic carbocycles. The minimum atomic E-state index is -4.81. The smallest absolute Gasteiger partial charge is 0.394 e. The van der Waals surface area contributed by atoms with Crippen molar-refractivity contribution in [1.82, 2.24) is 4.90 Å². The van der Waals surface area contributed by atoms with Gasteiger partial charge in [0.2, 0.25) is 0 Å². The summed E-state index contributed by atoms with van der Waals surface area (Å²) in [5, 5.41) is 19.6. The molecule has 130 valence electrons. The highest BCUT2D eigenvalue weighted by molar-refractivity contribution is 6.33. The molecule has 1 amide bonds. The maximum Gasteiger partial charge on any atom is 0.394 e. The van der Waals surface area contributed by atoms with E-state index in [4.69, 9.17) is 16.7 Å². The number of likely N-dealkylation sites (tertiary alicyclic amines) is 1. The summed E-state index contributed by atoms with van der Waals surface area (Å²) in [6.45, 7) is -1.58. The summed E-state index contributed by atoms with van der Waals surface area (Å²) in [7, 11) is 0. The van der Waals surface area contributed by atoms with Gasteiger partial charge in [0.15, 0.2) is 0 Å². The van der Waals surface area contributed by atoms with E-state index < -0.39 is 59.2 Å². The summed E-state index contributed by atoms with van der Waals surface area (Å²) < 4.78 is 38.9. The van der Waals surface area contributed by atoms with E-state index in [1.807, 2.05) is 0 Å². The Hall–Kier alpha value is -2.36. The van der Waals surface area contributed by atoms with E-state index in [1.165, 1.54) is 12.1 Å². The van der Waals surface area contributed by atoms with E-state index in [0.29, 0.717) is 4.90 Å². The molecule has 1 fully saturated rings. The van der Waals surface area contributed by atoms with Crippen molar-refractivity contribution in [2.75, 3.05) is 13.1 Å². The largest absolute Gasteiger partial charge is 0.481 e. The molecule has 11 heteroatoms. The average Bonchev–Trinajstić information content (AvgIpc) is 2.91. The third-order valence-corrected chi connectivity index (χ3v) is 4.05. The van der Waals surface area contributed by atoms with Gasteiger partial charge in [0.25, 0.3) is 5.91 Å². The van der Waals surface area contributed by atoms with Crippen LogP contribution in [-0.2, 0) is 4.79 Å². The van der Waals surface area contributed by atoms with Gasteiger partial charge in [0.1, 0.15) is 10.6 Å². The molecule has 2 rings (SSSR count). The van der Waals surface area contributed by atoms with Gasteiger partial charge in [-0.2, -0.15) is 13.2 Å². The molecular weight excluding hydrogens is 357 g/mol. The van der Waals surface area contributed by atoms with Crippen molar-refractivity contribution in [2.45, 2.75) is 6.18 Å². The maximum absolute atomic E-state index is 13.0. The maximum atomic E-state index is 13.0. The van der Waals surface area contributed by atoms with Gasteiger partial charge in [0, 0.05) is 13.1 Å². The van der Waals surface area contributed by atoms with Gasteiger partial charge in [-0.3, -0.25) is 19.7 Å². The number of alkyl halides is 3. The predicted molar refractivity (Wildman–Crippen MR) is 74.7 cm³/mol. The molecule has 0 unspecified atom stereocenters. The van der Waals surface area contributed by atoms with Gasteiger partial charge in [-0.05, 0) is 12.1 Å². The molecule has 7 nitrogen and oxygen atoms in total. The Morgan fingerprint density at radius 3 is 2.42 bits per heavy atom. The predicted octanol–water partition coefficient (Wildman–Crippen LogP) is 2.58. The number of hydrogen-bond donors (Lipinski definition) is 1. The Kier molecular flexibility index (Phi) is 4.70. The number of halogens is 4. The van der Waals surface area contributed by atoms with Crippen molar-refractivity contribution in [3.05, 3.63) is 38.9 Å². The van der Waals surface area contributed by atoms with Crippen LogP contribution in [0, 0.1) is 22.0 Å². The Labute approximate surface area is 137 Å². The number of aliphatic carboxylic acids is 1. The molecule has 1 N–H and O–H groups in total. The lowest BCUT2D eigenvalue weighted by molar-refractivity contribution is -0.385. The van der Waals surface area contributed by atoms with Crippen LogP contribution in [0.4, 0.5) is 18.9 Å². The van der Waals surface area contributed by atoms with Crippen LogP contribution in [0.3, 0.4) is 0 Å². The Morgan fingerprint density at radius 2 is 1.96 bits per heavy atom. The highest BCUT2D eigenvalue weighted by atomic mass is 35.5. The van der Waals surface area contributed by atoms with Crippen LogP contribution < -0.4 is 0 Å². The van der Waals surface area contributed by atoms with Crippen LogP contribution in [0.1, 0.15) is 10.4 Å². The van der Waals surface area contributed by atoms with E-state index >= 15 is 0 Å². The zero-order chi connectivity index (χ0) is 18.2. The molecule has 0 spiro atoms. The van der Waals surface area contributed by atoms with Crippen molar-refractivity contribution in [1.29, 1.82) is 0 Å². The van der Waals surface area contributed by atoms with Gasteiger partial charge >= 0.3 is 17.8 Å². The summed E-state index contributed by atoms with van der Waals surface area (Å²) in [5.74, 6) is -6.82. The molecular formula is C13H10ClF3N2O5. The number of carbonyl (C=O) groups excluding carboxylic acids is 1. The van der Waals surface area contributed by atoms with Crippen LogP contribution in [0.15, 0.2) is 18.2 Å². The highest BCUT2D eigenvalue weighted by Crippen LogP contribution is 2.39. The van der Waals surface area contributed by atoms with Crippen molar-refractivity contribution in [3.63, 3.8) is 0 Å². The number of nitro benzene ring substituents is 1. The number of rotatable bonds is 3. The third kappa shape index (κ3) is 3.28. The van der Waals surface area contributed by atoms with Crippen LogP contribution in [0.5, 0.6) is 0 Å². The van der Waals surface area contributed by atoms with Gasteiger partial charge in [-0.15, -0.1) is 0 Å². The quantitative estimate of drug-likeness (QED) is 0.654. The summed E-state index contributed by atoms with van der Waals surface area (Å²) in [6, 6.07) is 3.47. The fraction of sp³-hybridized carbons (Fsp3) is 0.385. The second-order valence-corrected chi connectivity index (χ2v) is 5.60. The van der Waals surface area contributed by atoms with Crippen LogP contribution in [0.2, 0.25) is 5.02 Å². The molecule has 1 saturated heterocycles. The van der Waals surface area contributed by atoms with E-state index in [2.05, 4.69) is 0 Å². The first kappa shape index (κ1) is 18.0. The first-order valence-corrected chi connectivity index (χ1v) is 6.93.